The van der Waals surface area contributed by atoms with Gasteiger partial charge in [0.2, 0.25) is 0 Å². The Morgan fingerprint density at radius 1 is 0.767 bits per heavy atom. The van der Waals surface area contributed by atoms with Crippen LogP contribution in [0.1, 0.15) is 5.56 Å². The van der Waals surface area contributed by atoms with Gasteiger partial charge in [0.05, 0.1) is 0 Å². The number of benzene rings is 3. The van der Waals surface area contributed by atoms with Crippen LogP contribution in [0.25, 0.3) is 0 Å². The summed E-state index contributed by atoms with van der Waals surface area (Å²) in [5.74, 6) is 1.93. The molecular weight excluding hydrogens is 406 g/mol. The third kappa shape index (κ3) is 7.31. The van der Waals surface area contributed by atoms with Gasteiger partial charge in [0.15, 0.2) is 0 Å². The number of aliphatic carboxylic acids is 1. The molecule has 0 aliphatic rings. The Bertz CT molecular complexity index is 901. The minimum absolute atomic E-state index is 0. The molecule has 0 spiro atoms. The van der Waals surface area contributed by atoms with Gasteiger partial charge in [-0.25, -0.2) is 0 Å². The highest BCUT2D eigenvalue weighted by Gasteiger charge is 2.11. The number of carbonyl (C=O) groups is 1. The molecule has 6 nitrogen and oxygen atoms in total. The van der Waals surface area contributed by atoms with E-state index < -0.39 is 12.0 Å². The third-order valence-electron chi connectivity index (χ3n) is 4.12. The summed E-state index contributed by atoms with van der Waals surface area (Å²) in [6, 6.07) is 23.3. The zero-order valence-corrected chi connectivity index (χ0v) is 17.1. The maximum absolute atomic E-state index is 10.8. The van der Waals surface area contributed by atoms with Gasteiger partial charge < -0.3 is 25.1 Å². The van der Waals surface area contributed by atoms with Gasteiger partial charge in [0, 0.05) is 0 Å². The minimum atomic E-state index is -1.01. The molecule has 1 atom stereocenters. The largest absolute Gasteiger partial charge is 0.490 e. The normalized spacial score (nSPS) is 11.1. The van der Waals surface area contributed by atoms with E-state index in [1.807, 2.05) is 66.7 Å². The predicted octanol–water partition coefficient (Wildman–Crippen LogP) is 4.31. The summed E-state index contributed by atoms with van der Waals surface area (Å²) in [7, 11) is 0. The Morgan fingerprint density at radius 3 is 1.77 bits per heavy atom. The van der Waals surface area contributed by atoms with Crippen LogP contribution in [0.2, 0.25) is 0 Å². The van der Waals surface area contributed by atoms with Crippen molar-refractivity contribution in [3.8, 4) is 23.0 Å². The maximum Gasteiger partial charge on any atom is 0.320 e. The standard InChI is InChI=1S/C23H23NO5.ClH/c24-22(23(25)26)16-17-6-8-18(9-7-17)27-14-15-28-19-10-12-21(13-11-19)29-20-4-2-1-3-5-20;/h1-13,22H,14-16,24H2,(H,25,26);1H/t22-;/m0./s1. The van der Waals surface area contributed by atoms with Crippen molar-refractivity contribution in [2.75, 3.05) is 13.2 Å². The SMILES string of the molecule is Cl.N[C@@H](Cc1ccc(OCCOc2ccc(Oc3ccccc3)cc2)cc1)C(=O)O. The van der Waals surface area contributed by atoms with E-state index in [0.717, 1.165) is 22.8 Å². The molecule has 0 bridgehead atoms. The molecule has 7 heteroatoms. The Morgan fingerprint density at radius 2 is 1.23 bits per heavy atom. The summed E-state index contributed by atoms with van der Waals surface area (Å²) in [5.41, 5.74) is 6.38. The smallest absolute Gasteiger partial charge is 0.320 e. The van der Waals surface area contributed by atoms with Gasteiger partial charge in [-0.3, -0.25) is 4.79 Å². The van der Waals surface area contributed by atoms with E-state index in [9.17, 15) is 4.79 Å². The number of para-hydroxylation sites is 1. The van der Waals surface area contributed by atoms with Crippen LogP contribution in [-0.4, -0.2) is 30.3 Å². The molecule has 0 saturated carbocycles. The summed E-state index contributed by atoms with van der Waals surface area (Å²) in [6.07, 6.45) is 0.280. The minimum Gasteiger partial charge on any atom is -0.490 e. The molecule has 0 fully saturated rings. The van der Waals surface area contributed by atoms with Gasteiger partial charge >= 0.3 is 5.97 Å². The highest BCUT2D eigenvalue weighted by molar-refractivity contribution is 5.85. The number of ether oxygens (including phenoxy) is 3. The average Bonchev–Trinajstić information content (AvgIpc) is 2.74. The van der Waals surface area contributed by atoms with Gasteiger partial charge in [-0.1, -0.05) is 30.3 Å². The van der Waals surface area contributed by atoms with Crippen molar-refractivity contribution < 1.29 is 24.1 Å². The number of rotatable bonds is 10. The second-order valence-electron chi connectivity index (χ2n) is 6.38. The fourth-order valence-electron chi connectivity index (χ4n) is 2.61. The highest BCUT2D eigenvalue weighted by Crippen LogP contribution is 2.23. The van der Waals surface area contributed by atoms with E-state index in [0.29, 0.717) is 19.0 Å². The molecule has 158 valence electrons. The first-order valence-corrected chi connectivity index (χ1v) is 9.26. The number of hydrogen-bond donors (Lipinski definition) is 2. The summed E-state index contributed by atoms with van der Waals surface area (Å²) in [4.78, 5) is 10.8. The second kappa shape index (κ2) is 11.7. The molecule has 3 aromatic carbocycles. The molecule has 0 saturated heterocycles. The molecule has 0 heterocycles. The summed E-state index contributed by atoms with van der Waals surface area (Å²) < 4.78 is 17.1. The van der Waals surface area contributed by atoms with Crippen molar-refractivity contribution in [3.63, 3.8) is 0 Å². The van der Waals surface area contributed by atoms with Crippen LogP contribution in [0, 0.1) is 0 Å². The van der Waals surface area contributed by atoms with Gasteiger partial charge in [-0.05, 0) is 60.5 Å². The van der Waals surface area contributed by atoms with Crippen LogP contribution in [0.4, 0.5) is 0 Å². The molecule has 30 heavy (non-hydrogen) atoms. The van der Waals surface area contributed by atoms with Crippen LogP contribution in [0.5, 0.6) is 23.0 Å². The maximum atomic E-state index is 10.8. The molecular formula is C23H24ClNO5. The number of hydrogen-bond acceptors (Lipinski definition) is 5. The average molecular weight is 430 g/mol. The summed E-state index contributed by atoms with van der Waals surface area (Å²) in [6.45, 7) is 0.779. The lowest BCUT2D eigenvalue weighted by Gasteiger charge is -2.10. The fraction of sp³-hybridized carbons (Fsp3) is 0.174. The summed E-state index contributed by atoms with van der Waals surface area (Å²) in [5, 5.41) is 8.85. The molecule has 0 amide bonds. The monoisotopic (exact) mass is 429 g/mol. The van der Waals surface area contributed by atoms with E-state index in [-0.39, 0.29) is 18.8 Å². The Hall–Kier alpha value is -3.22. The molecule has 0 radical (unpaired) electrons. The fourth-order valence-corrected chi connectivity index (χ4v) is 2.61. The van der Waals surface area contributed by atoms with Gasteiger partial charge in [0.25, 0.3) is 0 Å². The van der Waals surface area contributed by atoms with E-state index in [1.165, 1.54) is 0 Å². The Labute approximate surface area is 181 Å². The number of carboxylic acid groups (broad SMARTS) is 1. The first-order valence-electron chi connectivity index (χ1n) is 9.26. The van der Waals surface area contributed by atoms with Crippen molar-refractivity contribution >= 4 is 18.4 Å². The summed E-state index contributed by atoms with van der Waals surface area (Å²) >= 11 is 0. The van der Waals surface area contributed by atoms with Crippen LogP contribution in [-0.2, 0) is 11.2 Å². The zero-order chi connectivity index (χ0) is 20.5. The highest BCUT2D eigenvalue weighted by atomic mass is 35.5. The molecule has 3 N–H and O–H groups in total. The zero-order valence-electron chi connectivity index (χ0n) is 16.3. The lowest BCUT2D eigenvalue weighted by Crippen LogP contribution is -2.32. The topological polar surface area (TPSA) is 91.0 Å². The van der Waals surface area contributed by atoms with Crippen molar-refractivity contribution in [3.05, 3.63) is 84.4 Å². The number of nitrogens with two attached hydrogens (primary N) is 1. The number of carboxylic acids is 1. The lowest BCUT2D eigenvalue weighted by molar-refractivity contribution is -0.138. The van der Waals surface area contributed by atoms with Crippen molar-refractivity contribution in [1.29, 1.82) is 0 Å². The Kier molecular flexibility index (Phi) is 9.00. The first kappa shape index (κ1) is 23.1. The second-order valence-corrected chi connectivity index (χ2v) is 6.38. The van der Waals surface area contributed by atoms with Gasteiger partial charge in [-0.15, -0.1) is 12.4 Å². The van der Waals surface area contributed by atoms with Crippen molar-refractivity contribution in [1.82, 2.24) is 0 Å². The molecule has 0 unspecified atom stereocenters. The van der Waals surface area contributed by atoms with Gasteiger partial charge in [-0.2, -0.15) is 0 Å². The number of halogens is 1. The van der Waals surface area contributed by atoms with Crippen molar-refractivity contribution in [2.24, 2.45) is 5.73 Å². The van der Waals surface area contributed by atoms with Crippen LogP contribution >= 0.6 is 12.4 Å². The van der Waals surface area contributed by atoms with E-state index in [2.05, 4.69) is 0 Å². The predicted molar refractivity (Wildman–Crippen MR) is 117 cm³/mol. The lowest BCUT2D eigenvalue weighted by atomic mass is 10.1. The quantitative estimate of drug-likeness (QED) is 0.466. The van der Waals surface area contributed by atoms with E-state index >= 15 is 0 Å². The Balaban J connectivity index is 0.00000320. The molecule has 0 aliphatic carbocycles. The molecule has 3 aromatic rings. The van der Waals surface area contributed by atoms with Crippen LogP contribution in [0.15, 0.2) is 78.9 Å². The third-order valence-corrected chi connectivity index (χ3v) is 4.12. The molecule has 3 rings (SSSR count). The van der Waals surface area contributed by atoms with Crippen LogP contribution in [0.3, 0.4) is 0 Å². The first-order chi connectivity index (χ1) is 14.1. The molecule has 0 aromatic heterocycles. The van der Waals surface area contributed by atoms with Gasteiger partial charge in [0.1, 0.15) is 42.3 Å². The van der Waals surface area contributed by atoms with Crippen LogP contribution < -0.4 is 19.9 Å². The van der Waals surface area contributed by atoms with E-state index in [1.54, 1.807) is 12.1 Å². The molecule has 0 aliphatic heterocycles. The van der Waals surface area contributed by atoms with E-state index in [4.69, 9.17) is 25.1 Å². The van der Waals surface area contributed by atoms with Crippen molar-refractivity contribution in [2.45, 2.75) is 12.5 Å².